The van der Waals surface area contributed by atoms with Crippen molar-refractivity contribution in [2.75, 3.05) is 32.6 Å². The first-order valence-electron chi connectivity index (χ1n) is 8.78. The van der Waals surface area contributed by atoms with E-state index in [9.17, 15) is 0 Å². The van der Waals surface area contributed by atoms with E-state index in [0.717, 1.165) is 49.4 Å². The first-order valence-corrected chi connectivity index (χ1v) is 11.2. The van der Waals surface area contributed by atoms with Crippen LogP contribution in [0.1, 0.15) is 39.9 Å². The third kappa shape index (κ3) is 7.90. The monoisotopic (exact) mass is 386 g/mol. The lowest BCUT2D eigenvalue weighted by atomic mass is 10.2. The fraction of sp³-hybridized carbons (Fsp3) is 0.824. The molecule has 0 spiro atoms. The van der Waals surface area contributed by atoms with Gasteiger partial charge in [-0.15, -0.1) is 10.2 Å². The molecular weight excluding hydrogens is 352 g/mol. The second-order valence-corrected chi connectivity index (χ2v) is 9.31. The summed E-state index contributed by atoms with van der Waals surface area (Å²) in [5.74, 6) is 2.52. The van der Waals surface area contributed by atoms with Gasteiger partial charge in [0.25, 0.3) is 0 Å². The molecule has 0 aliphatic rings. The maximum atomic E-state index is 4.37. The third-order valence-electron chi connectivity index (χ3n) is 3.85. The lowest BCUT2D eigenvalue weighted by molar-refractivity contribution is 0.477. The minimum atomic E-state index is 0.194. The van der Waals surface area contributed by atoms with Gasteiger partial charge >= 0.3 is 0 Å². The Kier molecular flexibility index (Phi) is 9.71. The van der Waals surface area contributed by atoms with Crippen molar-refractivity contribution in [2.24, 2.45) is 10.9 Å². The highest BCUT2D eigenvalue weighted by atomic mass is 32.2. The minimum Gasteiger partial charge on any atom is -0.356 e. The third-order valence-corrected chi connectivity index (χ3v) is 5.77. The van der Waals surface area contributed by atoms with Crippen LogP contribution < -0.4 is 10.6 Å². The van der Waals surface area contributed by atoms with E-state index in [2.05, 4.69) is 70.6 Å². The molecule has 0 radical (unpaired) electrons. The quantitative estimate of drug-likeness (QED) is 0.279. The minimum absolute atomic E-state index is 0.194. The van der Waals surface area contributed by atoms with E-state index in [4.69, 9.17) is 0 Å². The first-order chi connectivity index (χ1) is 11.8. The van der Waals surface area contributed by atoms with E-state index in [1.807, 2.05) is 18.8 Å². The summed E-state index contributed by atoms with van der Waals surface area (Å²) < 4.78 is 2.45. The van der Waals surface area contributed by atoms with Crippen LogP contribution in [-0.4, -0.2) is 58.1 Å². The van der Waals surface area contributed by atoms with E-state index in [-0.39, 0.29) is 4.75 Å². The molecule has 0 unspecified atom stereocenters. The molecule has 0 atom stereocenters. The van der Waals surface area contributed by atoms with Gasteiger partial charge in [-0.05, 0) is 38.7 Å². The molecule has 0 aliphatic heterocycles. The average molecular weight is 387 g/mol. The van der Waals surface area contributed by atoms with Crippen LogP contribution in [0.5, 0.6) is 0 Å². The lowest BCUT2D eigenvalue weighted by Gasteiger charge is -2.23. The number of thioether (sulfide) groups is 2. The predicted molar refractivity (Wildman–Crippen MR) is 112 cm³/mol. The molecule has 0 amide bonds. The Labute approximate surface area is 161 Å². The average Bonchev–Trinajstić information content (AvgIpc) is 2.95. The van der Waals surface area contributed by atoms with Crippen molar-refractivity contribution in [2.45, 2.75) is 57.0 Å². The molecule has 0 aromatic carbocycles. The van der Waals surface area contributed by atoms with Crippen LogP contribution in [0.25, 0.3) is 0 Å². The largest absolute Gasteiger partial charge is 0.356 e. The van der Waals surface area contributed by atoms with E-state index in [0.29, 0.717) is 5.92 Å². The second kappa shape index (κ2) is 11.0. The van der Waals surface area contributed by atoms with Crippen LogP contribution in [0.2, 0.25) is 0 Å². The SMILES string of the molecule is CN=C(NCCCc1nnc(SC)n1CC(C)C)NCC(C)(C)SC. The number of nitrogens with zero attached hydrogens (tertiary/aromatic N) is 4. The van der Waals surface area contributed by atoms with Crippen molar-refractivity contribution in [3.63, 3.8) is 0 Å². The summed E-state index contributed by atoms with van der Waals surface area (Å²) >= 11 is 3.51. The number of guanidine groups is 1. The summed E-state index contributed by atoms with van der Waals surface area (Å²) in [5.41, 5.74) is 0. The number of hydrogen-bond donors (Lipinski definition) is 2. The fourth-order valence-electron chi connectivity index (χ4n) is 2.25. The van der Waals surface area contributed by atoms with E-state index in [1.54, 1.807) is 11.8 Å². The normalized spacial score (nSPS) is 12.7. The lowest BCUT2D eigenvalue weighted by Crippen LogP contribution is -2.43. The van der Waals surface area contributed by atoms with Crippen molar-refractivity contribution in [1.29, 1.82) is 0 Å². The fourth-order valence-corrected chi connectivity index (χ4v) is 2.99. The first kappa shape index (κ1) is 22.2. The van der Waals surface area contributed by atoms with Gasteiger partial charge in [-0.3, -0.25) is 4.99 Å². The molecule has 2 N–H and O–H groups in total. The Balaban J connectivity index is 2.45. The van der Waals surface area contributed by atoms with Gasteiger partial charge in [0.05, 0.1) is 0 Å². The Morgan fingerprint density at radius 1 is 1.24 bits per heavy atom. The van der Waals surface area contributed by atoms with Crippen molar-refractivity contribution in [3.8, 4) is 0 Å². The molecule has 0 saturated heterocycles. The molecule has 1 rings (SSSR count). The van der Waals surface area contributed by atoms with Crippen molar-refractivity contribution < 1.29 is 0 Å². The molecule has 0 bridgehead atoms. The van der Waals surface area contributed by atoms with Crippen LogP contribution in [0.15, 0.2) is 10.1 Å². The number of aryl methyl sites for hydroxylation is 1. The highest BCUT2D eigenvalue weighted by Crippen LogP contribution is 2.19. The van der Waals surface area contributed by atoms with Gasteiger partial charge in [0.2, 0.25) is 0 Å². The molecule has 6 nitrogen and oxygen atoms in total. The van der Waals surface area contributed by atoms with Crippen molar-refractivity contribution >= 4 is 29.5 Å². The summed E-state index contributed by atoms with van der Waals surface area (Å²) in [4.78, 5) is 4.29. The molecule has 8 heteroatoms. The standard InChI is InChI=1S/C17H34N6S2/c1-13(2)11-23-14(21-22-16(23)24-6)9-8-10-19-15(18-5)20-12-17(3,4)25-7/h13H,8-12H2,1-7H3,(H2,18,19,20). The highest BCUT2D eigenvalue weighted by Gasteiger charge is 2.16. The number of hydrogen-bond acceptors (Lipinski definition) is 5. The summed E-state index contributed by atoms with van der Waals surface area (Å²) in [5, 5.41) is 16.5. The van der Waals surface area contributed by atoms with Crippen molar-refractivity contribution in [1.82, 2.24) is 25.4 Å². The number of nitrogens with one attached hydrogen (secondary N) is 2. The van der Waals surface area contributed by atoms with E-state index < -0.39 is 0 Å². The molecule has 0 saturated carbocycles. The Hall–Kier alpha value is -0.890. The zero-order valence-electron chi connectivity index (χ0n) is 16.7. The van der Waals surface area contributed by atoms with Gasteiger partial charge in [0.1, 0.15) is 5.82 Å². The molecular formula is C17H34N6S2. The van der Waals surface area contributed by atoms with Crippen LogP contribution >= 0.6 is 23.5 Å². The highest BCUT2D eigenvalue weighted by molar-refractivity contribution is 8.00. The molecule has 25 heavy (non-hydrogen) atoms. The van der Waals surface area contributed by atoms with Crippen LogP contribution in [0, 0.1) is 5.92 Å². The van der Waals surface area contributed by atoms with Gasteiger partial charge < -0.3 is 15.2 Å². The maximum Gasteiger partial charge on any atom is 0.191 e. The van der Waals surface area contributed by atoms with E-state index in [1.165, 1.54) is 0 Å². The van der Waals surface area contributed by atoms with Gasteiger partial charge in [-0.25, -0.2) is 0 Å². The molecule has 144 valence electrons. The second-order valence-electron chi connectivity index (χ2n) is 7.03. The Morgan fingerprint density at radius 3 is 2.52 bits per heavy atom. The summed E-state index contributed by atoms with van der Waals surface area (Å²) in [6.07, 6.45) is 6.10. The molecule has 1 aromatic rings. The number of aromatic nitrogens is 3. The molecule has 1 heterocycles. The topological polar surface area (TPSA) is 67.1 Å². The van der Waals surface area contributed by atoms with Crippen LogP contribution in [-0.2, 0) is 13.0 Å². The molecule has 1 aromatic heterocycles. The summed E-state index contributed by atoms with van der Waals surface area (Å²) in [6, 6.07) is 0. The predicted octanol–water partition coefficient (Wildman–Crippen LogP) is 2.90. The number of rotatable bonds is 10. The van der Waals surface area contributed by atoms with Gasteiger partial charge in [0.15, 0.2) is 11.1 Å². The Bertz CT molecular complexity index is 539. The number of aliphatic imine (C=N–C) groups is 1. The molecule has 0 fully saturated rings. The van der Waals surface area contributed by atoms with Gasteiger partial charge in [-0.2, -0.15) is 11.8 Å². The Morgan fingerprint density at radius 2 is 1.96 bits per heavy atom. The smallest absolute Gasteiger partial charge is 0.191 e. The van der Waals surface area contributed by atoms with Gasteiger partial charge in [-0.1, -0.05) is 25.6 Å². The molecule has 0 aliphatic carbocycles. The summed E-state index contributed by atoms with van der Waals surface area (Å²) in [6.45, 7) is 11.6. The van der Waals surface area contributed by atoms with Crippen molar-refractivity contribution in [3.05, 3.63) is 5.82 Å². The van der Waals surface area contributed by atoms with Crippen LogP contribution in [0.4, 0.5) is 0 Å². The van der Waals surface area contributed by atoms with Crippen LogP contribution in [0.3, 0.4) is 0 Å². The van der Waals surface area contributed by atoms with Gasteiger partial charge in [0, 0.05) is 37.8 Å². The zero-order chi connectivity index (χ0) is 18.9. The summed E-state index contributed by atoms with van der Waals surface area (Å²) in [7, 11) is 1.81. The zero-order valence-corrected chi connectivity index (χ0v) is 18.4. The maximum absolute atomic E-state index is 4.37. The van der Waals surface area contributed by atoms with E-state index >= 15 is 0 Å².